The van der Waals surface area contributed by atoms with Gasteiger partial charge in [0, 0.05) is 43.4 Å². The second-order valence-electron chi connectivity index (χ2n) is 11.0. The van der Waals surface area contributed by atoms with Gasteiger partial charge in [-0.1, -0.05) is 61.9 Å². The number of aliphatic carboxylic acids is 1. The molecule has 1 fully saturated rings. The zero-order chi connectivity index (χ0) is 27.5. The fourth-order valence-electron chi connectivity index (χ4n) is 6.17. The molecular formula is C33H39N3O3. The zero-order valence-electron chi connectivity index (χ0n) is 23.1. The van der Waals surface area contributed by atoms with Crippen LogP contribution in [0.1, 0.15) is 62.4 Å². The fraction of sp³-hybridized carbons (Fsp3) is 0.364. The molecule has 1 saturated heterocycles. The van der Waals surface area contributed by atoms with E-state index in [9.17, 15) is 15.0 Å². The molecule has 0 aliphatic carbocycles. The quantitative estimate of drug-likeness (QED) is 0.263. The van der Waals surface area contributed by atoms with E-state index in [0.29, 0.717) is 18.5 Å². The van der Waals surface area contributed by atoms with E-state index in [0.717, 1.165) is 48.1 Å². The Labute approximate surface area is 231 Å². The second kappa shape index (κ2) is 11.6. The van der Waals surface area contributed by atoms with Gasteiger partial charge in [0.15, 0.2) is 0 Å². The van der Waals surface area contributed by atoms with Crippen LogP contribution in [0, 0.1) is 0 Å². The Morgan fingerprint density at radius 1 is 0.923 bits per heavy atom. The van der Waals surface area contributed by atoms with Gasteiger partial charge >= 0.3 is 5.97 Å². The summed E-state index contributed by atoms with van der Waals surface area (Å²) in [5, 5.41) is 21.3. The van der Waals surface area contributed by atoms with Crippen LogP contribution >= 0.6 is 0 Å². The van der Waals surface area contributed by atoms with Crippen molar-refractivity contribution in [1.29, 1.82) is 0 Å². The first-order chi connectivity index (χ1) is 18.9. The third-order valence-electron chi connectivity index (χ3n) is 8.15. The first kappa shape index (κ1) is 27.0. The highest BCUT2D eigenvalue weighted by Gasteiger charge is 2.35. The average molecular weight is 526 g/mol. The molecule has 0 radical (unpaired) electrons. The molecule has 1 aliphatic rings. The highest BCUT2D eigenvalue weighted by atomic mass is 16.4. The van der Waals surface area contributed by atoms with Crippen molar-refractivity contribution >= 4 is 16.9 Å². The third-order valence-corrected chi connectivity index (χ3v) is 8.15. The predicted molar refractivity (Wildman–Crippen MR) is 156 cm³/mol. The molecule has 4 aromatic rings. The number of carbonyl (C=O) groups is 1. The van der Waals surface area contributed by atoms with E-state index in [1.807, 2.05) is 35.9 Å². The molecule has 0 amide bonds. The molecule has 2 N–H and O–H groups in total. The Morgan fingerprint density at radius 3 is 2.41 bits per heavy atom. The minimum Gasteiger partial charge on any atom is -0.508 e. The summed E-state index contributed by atoms with van der Waals surface area (Å²) in [6.07, 6.45) is 3.30. The van der Waals surface area contributed by atoms with E-state index in [1.54, 1.807) is 6.07 Å². The fourth-order valence-corrected chi connectivity index (χ4v) is 6.17. The number of carboxylic acids is 1. The molecule has 204 valence electrons. The zero-order valence-corrected chi connectivity index (χ0v) is 23.1. The molecule has 5 rings (SSSR count). The number of aromatic nitrogens is 1. The van der Waals surface area contributed by atoms with Crippen molar-refractivity contribution in [2.45, 2.75) is 64.3 Å². The van der Waals surface area contributed by atoms with E-state index in [1.165, 1.54) is 5.56 Å². The number of piperazine rings is 1. The van der Waals surface area contributed by atoms with Gasteiger partial charge in [0.2, 0.25) is 0 Å². The SMILES string of the molecule is CCCC(C(=O)O)n1ccc2cc([C@H](c3cccc(O)c3)N3C[C@@H](C)N(Cc4ccccc4)C[C@@H]3C)ccc21. The number of hydrogen-bond donors (Lipinski definition) is 2. The number of hydrogen-bond acceptors (Lipinski definition) is 4. The van der Waals surface area contributed by atoms with Gasteiger partial charge in [0.25, 0.3) is 0 Å². The summed E-state index contributed by atoms with van der Waals surface area (Å²) in [6.45, 7) is 9.37. The number of benzene rings is 3. The Kier molecular flexibility index (Phi) is 8.05. The molecule has 1 unspecified atom stereocenters. The highest BCUT2D eigenvalue weighted by Crippen LogP contribution is 2.36. The smallest absolute Gasteiger partial charge is 0.326 e. The standard InChI is InChI=1S/C33H39N3O3/c1-4-9-31(33(38)39)35-17-16-26-18-28(14-15-30(26)35)32(27-12-8-13-29(37)19-27)36-21-23(2)34(20-24(36)3)22-25-10-6-5-7-11-25/h5-8,10-19,23-24,31-32,37H,4,9,20-22H2,1-3H3,(H,38,39)/t23-,24+,31?,32+/m1/s1. The molecule has 0 saturated carbocycles. The third kappa shape index (κ3) is 5.72. The van der Waals surface area contributed by atoms with E-state index >= 15 is 0 Å². The van der Waals surface area contributed by atoms with Crippen molar-refractivity contribution in [1.82, 2.24) is 14.4 Å². The van der Waals surface area contributed by atoms with Crippen molar-refractivity contribution in [3.05, 3.63) is 102 Å². The minimum atomic E-state index is -0.799. The van der Waals surface area contributed by atoms with Gasteiger partial charge in [-0.2, -0.15) is 0 Å². The number of nitrogens with zero attached hydrogens (tertiary/aromatic N) is 3. The van der Waals surface area contributed by atoms with Gasteiger partial charge in [-0.15, -0.1) is 0 Å². The Bertz CT molecular complexity index is 1420. The topological polar surface area (TPSA) is 68.9 Å². The Balaban J connectivity index is 1.49. The van der Waals surface area contributed by atoms with Gasteiger partial charge in [-0.05, 0) is 72.7 Å². The Morgan fingerprint density at radius 2 is 1.69 bits per heavy atom. The maximum atomic E-state index is 12.0. The van der Waals surface area contributed by atoms with E-state index < -0.39 is 12.0 Å². The predicted octanol–water partition coefficient (Wildman–Crippen LogP) is 6.46. The highest BCUT2D eigenvalue weighted by molar-refractivity contribution is 5.84. The average Bonchev–Trinajstić information content (AvgIpc) is 3.33. The summed E-state index contributed by atoms with van der Waals surface area (Å²) in [5.41, 5.74) is 4.46. The second-order valence-corrected chi connectivity index (χ2v) is 11.0. The van der Waals surface area contributed by atoms with Gasteiger partial charge in [-0.3, -0.25) is 9.80 Å². The van der Waals surface area contributed by atoms with Gasteiger partial charge in [0.05, 0.1) is 6.04 Å². The maximum absolute atomic E-state index is 12.0. The van der Waals surface area contributed by atoms with Gasteiger partial charge in [-0.25, -0.2) is 4.79 Å². The number of phenols is 1. The number of phenolic OH excluding ortho intramolecular Hbond substituents is 1. The Hall–Kier alpha value is -3.61. The lowest BCUT2D eigenvalue weighted by molar-refractivity contribution is -0.141. The normalized spacial score (nSPS) is 20.2. The van der Waals surface area contributed by atoms with Crippen LogP contribution in [0.2, 0.25) is 0 Å². The first-order valence-electron chi connectivity index (χ1n) is 14.0. The summed E-state index contributed by atoms with van der Waals surface area (Å²) in [5.74, 6) is -0.538. The molecule has 3 aromatic carbocycles. The lowest BCUT2D eigenvalue weighted by Crippen LogP contribution is -2.56. The molecule has 1 aliphatic heterocycles. The van der Waals surface area contributed by atoms with E-state index in [2.05, 4.69) is 78.2 Å². The molecular weight excluding hydrogens is 486 g/mol. The number of rotatable bonds is 9. The molecule has 6 heteroatoms. The van der Waals surface area contributed by atoms with Crippen LogP contribution in [0.25, 0.3) is 10.9 Å². The van der Waals surface area contributed by atoms with Crippen LogP contribution < -0.4 is 0 Å². The largest absolute Gasteiger partial charge is 0.508 e. The van der Waals surface area contributed by atoms with Crippen LogP contribution in [0.5, 0.6) is 5.75 Å². The van der Waals surface area contributed by atoms with Crippen LogP contribution in [0.15, 0.2) is 85.1 Å². The van der Waals surface area contributed by atoms with Gasteiger partial charge < -0.3 is 14.8 Å². The lowest BCUT2D eigenvalue weighted by atomic mass is 9.92. The molecule has 6 nitrogen and oxygen atoms in total. The van der Waals surface area contributed by atoms with E-state index in [-0.39, 0.29) is 11.8 Å². The summed E-state index contributed by atoms with van der Waals surface area (Å²) in [6, 6.07) is 26.7. The van der Waals surface area contributed by atoms with Crippen LogP contribution in [-0.4, -0.2) is 55.7 Å². The number of carboxylic acid groups (broad SMARTS) is 1. The molecule has 1 aromatic heterocycles. The van der Waals surface area contributed by atoms with E-state index in [4.69, 9.17) is 0 Å². The van der Waals surface area contributed by atoms with Crippen molar-refractivity contribution in [3.8, 4) is 5.75 Å². The summed E-state index contributed by atoms with van der Waals surface area (Å²) >= 11 is 0. The summed E-state index contributed by atoms with van der Waals surface area (Å²) < 4.78 is 1.89. The van der Waals surface area contributed by atoms with Crippen molar-refractivity contribution in [2.24, 2.45) is 0 Å². The van der Waals surface area contributed by atoms with Crippen LogP contribution in [0.3, 0.4) is 0 Å². The monoisotopic (exact) mass is 525 g/mol. The van der Waals surface area contributed by atoms with Crippen molar-refractivity contribution in [2.75, 3.05) is 13.1 Å². The van der Waals surface area contributed by atoms with Crippen molar-refractivity contribution in [3.63, 3.8) is 0 Å². The summed E-state index contributed by atoms with van der Waals surface area (Å²) in [4.78, 5) is 17.1. The lowest BCUT2D eigenvalue weighted by Gasteiger charge is -2.47. The van der Waals surface area contributed by atoms with Crippen LogP contribution in [-0.2, 0) is 11.3 Å². The molecule has 4 atom stereocenters. The molecule has 2 heterocycles. The van der Waals surface area contributed by atoms with Gasteiger partial charge in [0.1, 0.15) is 11.8 Å². The number of fused-ring (bicyclic) bond motifs is 1. The first-order valence-corrected chi connectivity index (χ1v) is 14.0. The van der Waals surface area contributed by atoms with Crippen molar-refractivity contribution < 1.29 is 15.0 Å². The molecule has 39 heavy (non-hydrogen) atoms. The molecule has 0 spiro atoms. The summed E-state index contributed by atoms with van der Waals surface area (Å²) in [7, 11) is 0. The van der Waals surface area contributed by atoms with Crippen LogP contribution in [0.4, 0.5) is 0 Å². The molecule has 0 bridgehead atoms. The maximum Gasteiger partial charge on any atom is 0.326 e. The number of aromatic hydroxyl groups is 1. The minimum absolute atomic E-state index is 0.0351.